The molecule has 0 spiro atoms. The van der Waals surface area contributed by atoms with Crippen LogP contribution in [0.2, 0.25) is 10.0 Å². The predicted molar refractivity (Wildman–Crippen MR) is 66.5 cm³/mol. The van der Waals surface area contributed by atoms with Gasteiger partial charge in [-0.25, -0.2) is 4.39 Å². The van der Waals surface area contributed by atoms with E-state index in [-0.39, 0.29) is 15.6 Å². The van der Waals surface area contributed by atoms with Crippen LogP contribution >= 0.6 is 23.2 Å². The lowest BCUT2D eigenvalue weighted by atomic mass is 10.0. The average molecular weight is 296 g/mol. The fourth-order valence-corrected chi connectivity index (χ4v) is 1.64. The highest BCUT2D eigenvalue weighted by Crippen LogP contribution is 2.24. The zero-order valence-corrected chi connectivity index (χ0v) is 11.0. The number of amides is 1. The van der Waals surface area contributed by atoms with Gasteiger partial charge in [0, 0.05) is 0 Å². The Hall–Kier alpha value is -0.880. The molecule has 0 saturated carbocycles. The van der Waals surface area contributed by atoms with Gasteiger partial charge in [-0.3, -0.25) is 4.79 Å². The predicted octanol–water partition coefficient (Wildman–Crippen LogP) is 1.61. The lowest BCUT2D eigenvalue weighted by molar-refractivity contribution is 0.0723. The molecule has 1 rings (SSSR count). The maximum absolute atomic E-state index is 13.2. The number of carbonyl (C=O) groups excluding carboxylic acids is 1. The molecule has 0 aromatic heterocycles. The van der Waals surface area contributed by atoms with Crippen LogP contribution in [0.4, 0.5) is 4.39 Å². The lowest BCUT2D eigenvalue weighted by Crippen LogP contribution is -2.51. The van der Waals surface area contributed by atoms with Gasteiger partial charge in [-0.1, -0.05) is 23.2 Å². The molecule has 0 aliphatic rings. The van der Waals surface area contributed by atoms with Crippen molar-refractivity contribution in [3.63, 3.8) is 0 Å². The molecule has 3 N–H and O–H groups in total. The summed E-state index contributed by atoms with van der Waals surface area (Å²) >= 11 is 11.3. The molecule has 0 atom stereocenters. The Labute approximate surface area is 113 Å². The number of nitrogens with one attached hydrogen (secondary N) is 1. The summed E-state index contributed by atoms with van der Waals surface area (Å²) in [4.78, 5) is 11.8. The van der Waals surface area contributed by atoms with E-state index in [1.165, 1.54) is 6.92 Å². The fourth-order valence-electron chi connectivity index (χ4n) is 1.17. The summed E-state index contributed by atoms with van der Waals surface area (Å²) in [5.74, 6) is -1.48. The van der Waals surface area contributed by atoms with E-state index in [4.69, 9.17) is 33.4 Å². The summed E-state index contributed by atoms with van der Waals surface area (Å²) in [6, 6.07) is 2.01. The maximum Gasteiger partial charge on any atom is 0.253 e. The van der Waals surface area contributed by atoms with Crippen LogP contribution in [0, 0.1) is 5.82 Å². The van der Waals surface area contributed by atoms with Gasteiger partial charge in [-0.15, -0.1) is 0 Å². The first-order valence-electron chi connectivity index (χ1n) is 5.02. The van der Waals surface area contributed by atoms with Crippen LogP contribution in [0.25, 0.3) is 0 Å². The maximum atomic E-state index is 13.2. The first kappa shape index (κ1) is 15.2. The van der Waals surface area contributed by atoms with Gasteiger partial charge < -0.3 is 15.5 Å². The minimum absolute atomic E-state index is 0.0165. The minimum Gasteiger partial charge on any atom is -0.394 e. The van der Waals surface area contributed by atoms with E-state index in [1.807, 2.05) is 0 Å². The molecule has 0 radical (unpaired) electrons. The highest BCUT2D eigenvalue weighted by molar-refractivity contribution is 6.36. The van der Waals surface area contributed by atoms with Crippen molar-refractivity contribution in [1.82, 2.24) is 5.32 Å². The molecule has 18 heavy (non-hydrogen) atoms. The normalized spacial score (nSPS) is 11.4. The van der Waals surface area contributed by atoms with Crippen molar-refractivity contribution >= 4 is 29.1 Å². The van der Waals surface area contributed by atoms with Crippen molar-refractivity contribution in [2.75, 3.05) is 13.2 Å². The minimum atomic E-state index is -1.21. The second kappa shape index (κ2) is 5.84. The third kappa shape index (κ3) is 3.32. The number of hydrogen-bond donors (Lipinski definition) is 3. The van der Waals surface area contributed by atoms with Crippen molar-refractivity contribution in [3.05, 3.63) is 33.6 Å². The van der Waals surface area contributed by atoms with Crippen molar-refractivity contribution in [2.24, 2.45) is 0 Å². The molecule has 1 aromatic carbocycles. The fraction of sp³-hybridized carbons (Fsp3) is 0.364. The monoisotopic (exact) mass is 295 g/mol. The van der Waals surface area contributed by atoms with Crippen molar-refractivity contribution < 1.29 is 19.4 Å². The smallest absolute Gasteiger partial charge is 0.253 e. The third-order valence-corrected chi connectivity index (χ3v) is 2.97. The topological polar surface area (TPSA) is 69.6 Å². The quantitative estimate of drug-likeness (QED) is 0.739. The second-order valence-electron chi connectivity index (χ2n) is 4.08. The first-order valence-corrected chi connectivity index (χ1v) is 5.77. The summed E-state index contributed by atoms with van der Waals surface area (Å²) in [7, 11) is 0. The van der Waals surface area contributed by atoms with Crippen molar-refractivity contribution in [1.29, 1.82) is 0 Å². The molecular weight excluding hydrogens is 284 g/mol. The summed E-state index contributed by atoms with van der Waals surface area (Å²) in [5.41, 5.74) is -1.33. The lowest BCUT2D eigenvalue weighted by Gasteiger charge is -2.26. The van der Waals surface area contributed by atoms with Crippen LogP contribution in [0.15, 0.2) is 12.1 Å². The Kier molecular flexibility index (Phi) is 4.92. The van der Waals surface area contributed by atoms with Gasteiger partial charge in [-0.05, 0) is 19.1 Å². The number of rotatable bonds is 4. The van der Waals surface area contributed by atoms with E-state index in [0.29, 0.717) is 0 Å². The molecule has 0 unspecified atom stereocenters. The Bertz CT molecular complexity index is 464. The van der Waals surface area contributed by atoms with Gasteiger partial charge >= 0.3 is 0 Å². The van der Waals surface area contributed by atoms with Crippen LogP contribution in [0.3, 0.4) is 0 Å². The SMILES string of the molecule is CC(CO)(CO)NC(=O)c1cc(F)c(Cl)cc1Cl. The Morgan fingerprint density at radius 3 is 2.39 bits per heavy atom. The van der Waals surface area contributed by atoms with Crippen molar-refractivity contribution in [2.45, 2.75) is 12.5 Å². The van der Waals surface area contributed by atoms with E-state index >= 15 is 0 Å². The number of carbonyl (C=O) groups is 1. The van der Waals surface area contributed by atoms with Crippen LogP contribution in [-0.2, 0) is 0 Å². The molecule has 1 aromatic rings. The second-order valence-corrected chi connectivity index (χ2v) is 4.89. The van der Waals surface area contributed by atoms with Crippen LogP contribution in [-0.4, -0.2) is 34.9 Å². The Balaban J connectivity index is 3.01. The van der Waals surface area contributed by atoms with Gasteiger partial charge in [0.25, 0.3) is 5.91 Å². The molecule has 7 heteroatoms. The number of hydrogen-bond acceptors (Lipinski definition) is 3. The van der Waals surface area contributed by atoms with Gasteiger partial charge in [-0.2, -0.15) is 0 Å². The summed E-state index contributed by atoms with van der Waals surface area (Å²) < 4.78 is 13.2. The van der Waals surface area contributed by atoms with Crippen LogP contribution in [0.1, 0.15) is 17.3 Å². The van der Waals surface area contributed by atoms with Gasteiger partial charge in [0.05, 0.1) is 34.4 Å². The zero-order chi connectivity index (χ0) is 13.9. The van der Waals surface area contributed by atoms with Crippen molar-refractivity contribution in [3.8, 4) is 0 Å². The molecule has 0 fully saturated rings. The molecule has 0 heterocycles. The van der Waals surface area contributed by atoms with Gasteiger partial charge in [0.2, 0.25) is 0 Å². The van der Waals surface area contributed by atoms with E-state index in [9.17, 15) is 9.18 Å². The zero-order valence-electron chi connectivity index (χ0n) is 9.51. The Morgan fingerprint density at radius 2 is 1.89 bits per heavy atom. The van der Waals surface area contributed by atoms with Crippen LogP contribution in [0.5, 0.6) is 0 Å². The summed E-state index contributed by atoms with van der Waals surface area (Å²) in [5, 5.41) is 20.2. The average Bonchev–Trinajstić information content (AvgIpc) is 2.33. The molecule has 4 nitrogen and oxygen atoms in total. The van der Waals surface area contributed by atoms with E-state index in [2.05, 4.69) is 5.32 Å². The molecule has 100 valence electrons. The number of halogens is 3. The number of aliphatic hydroxyl groups excluding tert-OH is 2. The molecular formula is C11H12Cl2FNO3. The van der Waals surface area contributed by atoms with E-state index < -0.39 is 30.5 Å². The van der Waals surface area contributed by atoms with Crippen LogP contribution < -0.4 is 5.32 Å². The summed E-state index contributed by atoms with van der Waals surface area (Å²) in [6.07, 6.45) is 0. The van der Waals surface area contributed by atoms with Gasteiger partial charge in [0.1, 0.15) is 5.82 Å². The first-order chi connectivity index (χ1) is 8.33. The highest BCUT2D eigenvalue weighted by atomic mass is 35.5. The molecule has 1 amide bonds. The highest BCUT2D eigenvalue weighted by Gasteiger charge is 2.26. The largest absolute Gasteiger partial charge is 0.394 e. The van der Waals surface area contributed by atoms with E-state index in [0.717, 1.165) is 12.1 Å². The molecule has 0 aliphatic heterocycles. The number of benzene rings is 1. The van der Waals surface area contributed by atoms with Gasteiger partial charge in [0.15, 0.2) is 0 Å². The standard InChI is InChI=1S/C11H12Cl2FNO3/c1-11(4-16,5-17)15-10(18)6-2-9(14)8(13)3-7(6)12/h2-3,16-17H,4-5H2,1H3,(H,15,18). The Morgan fingerprint density at radius 1 is 1.33 bits per heavy atom. The van der Waals surface area contributed by atoms with E-state index in [1.54, 1.807) is 0 Å². The third-order valence-electron chi connectivity index (χ3n) is 2.37. The molecule has 0 saturated heterocycles. The number of aliphatic hydroxyl groups is 2. The molecule has 0 bridgehead atoms. The summed E-state index contributed by atoms with van der Waals surface area (Å²) in [6.45, 7) is 0.497. The molecule has 0 aliphatic carbocycles.